The monoisotopic (exact) mass is 270 g/mol. The van der Waals surface area contributed by atoms with E-state index in [1.54, 1.807) is 13.8 Å². The smallest absolute Gasteiger partial charge is 0.334 e. The molecule has 0 spiro atoms. The van der Waals surface area contributed by atoms with Crippen LogP contribution in [0.1, 0.15) is 53.9 Å². The fraction of sp³-hybridized carbons (Fsp3) is 0.733. The SMILES string of the molecule is CCCC(C)/C(C(=O)OCC)=C(\CC)C(=O)OCC. The van der Waals surface area contributed by atoms with Gasteiger partial charge in [-0.1, -0.05) is 27.2 Å². The van der Waals surface area contributed by atoms with E-state index >= 15 is 0 Å². The quantitative estimate of drug-likeness (QED) is 0.502. The zero-order chi connectivity index (χ0) is 14.8. The minimum absolute atomic E-state index is 0.00315. The Morgan fingerprint density at radius 1 is 0.947 bits per heavy atom. The molecular formula is C15H26O4. The molecule has 0 aromatic rings. The lowest BCUT2D eigenvalue weighted by atomic mass is 9.91. The van der Waals surface area contributed by atoms with Gasteiger partial charge in [-0.3, -0.25) is 0 Å². The summed E-state index contributed by atoms with van der Waals surface area (Å²) in [6.07, 6.45) is 2.27. The molecular weight excluding hydrogens is 244 g/mol. The molecule has 0 fully saturated rings. The van der Waals surface area contributed by atoms with Gasteiger partial charge in [-0.05, 0) is 32.6 Å². The van der Waals surface area contributed by atoms with Crippen molar-refractivity contribution in [1.82, 2.24) is 0 Å². The topological polar surface area (TPSA) is 52.6 Å². The van der Waals surface area contributed by atoms with Crippen LogP contribution in [0.5, 0.6) is 0 Å². The lowest BCUT2D eigenvalue weighted by Gasteiger charge is -2.18. The van der Waals surface area contributed by atoms with Crippen LogP contribution >= 0.6 is 0 Å². The average Bonchev–Trinajstić information content (AvgIpc) is 2.36. The maximum atomic E-state index is 12.1. The summed E-state index contributed by atoms with van der Waals surface area (Å²) in [6, 6.07) is 0. The summed E-state index contributed by atoms with van der Waals surface area (Å²) in [4.78, 5) is 24.0. The number of ether oxygens (including phenoxy) is 2. The lowest BCUT2D eigenvalue weighted by molar-refractivity contribution is -0.142. The molecule has 4 nitrogen and oxygen atoms in total. The van der Waals surface area contributed by atoms with Crippen LogP contribution < -0.4 is 0 Å². The summed E-state index contributed by atoms with van der Waals surface area (Å²) in [6.45, 7) is 9.98. The van der Waals surface area contributed by atoms with E-state index in [1.807, 2.05) is 13.8 Å². The van der Waals surface area contributed by atoms with Crippen LogP contribution in [0.25, 0.3) is 0 Å². The second-order valence-corrected chi connectivity index (χ2v) is 4.38. The van der Waals surface area contributed by atoms with Crippen LogP contribution in [-0.2, 0) is 19.1 Å². The van der Waals surface area contributed by atoms with E-state index in [-0.39, 0.29) is 5.92 Å². The van der Waals surface area contributed by atoms with Gasteiger partial charge in [-0.2, -0.15) is 0 Å². The number of hydrogen-bond acceptors (Lipinski definition) is 4. The van der Waals surface area contributed by atoms with E-state index in [9.17, 15) is 9.59 Å². The highest BCUT2D eigenvalue weighted by Gasteiger charge is 2.25. The summed E-state index contributed by atoms with van der Waals surface area (Å²) in [5.41, 5.74) is 0.922. The summed E-state index contributed by atoms with van der Waals surface area (Å²) in [5, 5.41) is 0. The molecule has 0 bridgehead atoms. The molecule has 110 valence electrons. The van der Waals surface area contributed by atoms with Gasteiger partial charge in [0, 0.05) is 5.57 Å². The van der Waals surface area contributed by atoms with E-state index in [0.717, 1.165) is 12.8 Å². The van der Waals surface area contributed by atoms with Crippen LogP contribution in [0.15, 0.2) is 11.1 Å². The average molecular weight is 270 g/mol. The Morgan fingerprint density at radius 3 is 1.89 bits per heavy atom. The molecule has 0 aromatic carbocycles. The molecule has 1 unspecified atom stereocenters. The number of carbonyl (C=O) groups is 2. The van der Waals surface area contributed by atoms with E-state index in [0.29, 0.717) is 30.8 Å². The predicted octanol–water partition coefficient (Wildman–Crippen LogP) is 3.26. The van der Waals surface area contributed by atoms with Crippen molar-refractivity contribution in [2.75, 3.05) is 13.2 Å². The second-order valence-electron chi connectivity index (χ2n) is 4.38. The van der Waals surface area contributed by atoms with Crippen LogP contribution in [0.2, 0.25) is 0 Å². The molecule has 0 saturated heterocycles. The first-order valence-electron chi connectivity index (χ1n) is 7.10. The van der Waals surface area contributed by atoms with E-state index in [1.165, 1.54) is 0 Å². The number of hydrogen-bond donors (Lipinski definition) is 0. The third-order valence-electron chi connectivity index (χ3n) is 2.91. The van der Waals surface area contributed by atoms with Gasteiger partial charge in [0.1, 0.15) is 0 Å². The molecule has 0 rings (SSSR count). The number of esters is 2. The standard InChI is InChI=1S/C15H26O4/c1-6-10-11(5)13(15(17)19-9-4)12(7-2)14(16)18-8-3/h11H,6-10H2,1-5H3/b13-12-. The van der Waals surface area contributed by atoms with Gasteiger partial charge in [0.05, 0.1) is 18.8 Å². The Morgan fingerprint density at radius 2 is 1.47 bits per heavy atom. The number of carbonyl (C=O) groups excluding carboxylic acids is 2. The van der Waals surface area contributed by atoms with Gasteiger partial charge in [-0.15, -0.1) is 0 Å². The molecule has 0 N–H and O–H groups in total. The van der Waals surface area contributed by atoms with Crippen molar-refractivity contribution in [2.24, 2.45) is 5.92 Å². The maximum absolute atomic E-state index is 12.1. The molecule has 0 amide bonds. The first kappa shape index (κ1) is 17.7. The summed E-state index contributed by atoms with van der Waals surface area (Å²) < 4.78 is 10.1. The Kier molecular flexibility index (Phi) is 8.92. The third-order valence-corrected chi connectivity index (χ3v) is 2.91. The van der Waals surface area contributed by atoms with Gasteiger partial charge in [0.15, 0.2) is 0 Å². The van der Waals surface area contributed by atoms with Crippen LogP contribution in [0.4, 0.5) is 0 Å². The normalized spacial score (nSPS) is 13.5. The highest BCUT2D eigenvalue weighted by Crippen LogP contribution is 2.24. The Balaban J connectivity index is 5.46. The third kappa shape index (κ3) is 5.45. The van der Waals surface area contributed by atoms with Gasteiger partial charge in [0.2, 0.25) is 0 Å². The van der Waals surface area contributed by atoms with Crippen molar-refractivity contribution >= 4 is 11.9 Å². The molecule has 19 heavy (non-hydrogen) atoms. The van der Waals surface area contributed by atoms with Gasteiger partial charge in [0.25, 0.3) is 0 Å². The Bertz CT molecular complexity index is 331. The largest absolute Gasteiger partial charge is 0.463 e. The van der Waals surface area contributed by atoms with Crippen molar-refractivity contribution in [3.8, 4) is 0 Å². The van der Waals surface area contributed by atoms with E-state index in [4.69, 9.17) is 9.47 Å². The minimum Gasteiger partial charge on any atom is -0.463 e. The van der Waals surface area contributed by atoms with Gasteiger partial charge >= 0.3 is 11.9 Å². The van der Waals surface area contributed by atoms with Crippen molar-refractivity contribution < 1.29 is 19.1 Å². The first-order chi connectivity index (χ1) is 9.03. The summed E-state index contributed by atoms with van der Waals surface area (Å²) >= 11 is 0. The molecule has 0 aliphatic rings. The first-order valence-corrected chi connectivity index (χ1v) is 7.10. The Hall–Kier alpha value is -1.32. The zero-order valence-corrected chi connectivity index (χ0v) is 12.7. The van der Waals surface area contributed by atoms with Gasteiger partial charge < -0.3 is 9.47 Å². The van der Waals surface area contributed by atoms with Crippen LogP contribution in [0.3, 0.4) is 0 Å². The molecule has 0 heterocycles. The fourth-order valence-electron chi connectivity index (χ4n) is 2.07. The molecule has 0 saturated carbocycles. The highest BCUT2D eigenvalue weighted by molar-refractivity contribution is 6.00. The number of rotatable bonds is 8. The van der Waals surface area contributed by atoms with Crippen molar-refractivity contribution in [2.45, 2.75) is 53.9 Å². The van der Waals surface area contributed by atoms with Crippen molar-refractivity contribution in [1.29, 1.82) is 0 Å². The van der Waals surface area contributed by atoms with E-state index < -0.39 is 11.9 Å². The maximum Gasteiger partial charge on any atom is 0.334 e. The van der Waals surface area contributed by atoms with E-state index in [2.05, 4.69) is 6.92 Å². The Labute approximate surface area is 116 Å². The molecule has 1 atom stereocenters. The zero-order valence-electron chi connectivity index (χ0n) is 12.7. The lowest BCUT2D eigenvalue weighted by Crippen LogP contribution is -2.21. The fourth-order valence-corrected chi connectivity index (χ4v) is 2.07. The minimum atomic E-state index is -0.406. The molecule has 0 aromatic heterocycles. The summed E-state index contributed by atoms with van der Waals surface area (Å²) in [5.74, 6) is -0.798. The molecule has 0 aliphatic heterocycles. The predicted molar refractivity (Wildman–Crippen MR) is 74.7 cm³/mol. The van der Waals surface area contributed by atoms with Crippen molar-refractivity contribution in [3.63, 3.8) is 0 Å². The highest BCUT2D eigenvalue weighted by atomic mass is 16.5. The van der Waals surface area contributed by atoms with Crippen molar-refractivity contribution in [3.05, 3.63) is 11.1 Å². The molecule has 0 radical (unpaired) electrons. The van der Waals surface area contributed by atoms with Crippen LogP contribution in [-0.4, -0.2) is 25.2 Å². The molecule has 0 aliphatic carbocycles. The second kappa shape index (κ2) is 9.59. The summed E-state index contributed by atoms with van der Waals surface area (Å²) in [7, 11) is 0. The molecule has 4 heteroatoms. The van der Waals surface area contributed by atoms with Gasteiger partial charge in [-0.25, -0.2) is 9.59 Å². The van der Waals surface area contributed by atoms with Crippen LogP contribution in [0, 0.1) is 5.92 Å².